The summed E-state index contributed by atoms with van der Waals surface area (Å²) >= 11 is 0. The Morgan fingerprint density at radius 1 is 1.10 bits per heavy atom. The Morgan fingerprint density at radius 2 is 1.77 bits per heavy atom. The minimum absolute atomic E-state index is 0.108. The summed E-state index contributed by atoms with van der Waals surface area (Å²) in [6, 6.07) is 5.76. The molecule has 2 amide bonds. The van der Waals surface area contributed by atoms with E-state index in [4.69, 9.17) is 4.74 Å². The number of ether oxygens (including phenoxy) is 1. The number of nitrogens with one attached hydrogen (secondary N) is 2. The SMILES string of the molecule is COc1ccc(S(=O)(=O)N2CCCC(C(=O)NC(C)C(=O)NC3CCCC3)C2)cc1. The van der Waals surface area contributed by atoms with Gasteiger partial charge in [0.15, 0.2) is 0 Å². The lowest BCUT2D eigenvalue weighted by atomic mass is 9.98. The number of sulfonamides is 1. The van der Waals surface area contributed by atoms with Crippen LogP contribution in [0.3, 0.4) is 0 Å². The minimum Gasteiger partial charge on any atom is -0.497 e. The summed E-state index contributed by atoms with van der Waals surface area (Å²) in [5, 5.41) is 5.74. The number of nitrogens with zero attached hydrogens (tertiary/aromatic N) is 1. The second-order valence-corrected chi connectivity index (χ2v) is 10.0. The third-order valence-corrected chi connectivity index (χ3v) is 7.79. The van der Waals surface area contributed by atoms with Crippen molar-refractivity contribution in [2.45, 2.75) is 62.4 Å². The summed E-state index contributed by atoms with van der Waals surface area (Å²) in [5.41, 5.74) is 0. The fourth-order valence-corrected chi connectivity index (χ4v) is 5.59. The van der Waals surface area contributed by atoms with Crippen LogP contribution in [0.1, 0.15) is 45.4 Å². The largest absolute Gasteiger partial charge is 0.497 e. The average molecular weight is 438 g/mol. The van der Waals surface area contributed by atoms with Crippen molar-refractivity contribution in [3.63, 3.8) is 0 Å². The van der Waals surface area contributed by atoms with Crippen molar-refractivity contribution in [3.8, 4) is 5.75 Å². The smallest absolute Gasteiger partial charge is 0.243 e. The molecule has 30 heavy (non-hydrogen) atoms. The van der Waals surface area contributed by atoms with Crippen molar-refractivity contribution in [2.24, 2.45) is 5.92 Å². The van der Waals surface area contributed by atoms with Gasteiger partial charge in [-0.1, -0.05) is 12.8 Å². The van der Waals surface area contributed by atoms with Gasteiger partial charge in [-0.05, 0) is 56.9 Å². The van der Waals surface area contributed by atoms with E-state index in [2.05, 4.69) is 10.6 Å². The maximum atomic E-state index is 13.0. The molecule has 9 heteroatoms. The molecular formula is C21H31N3O5S. The minimum atomic E-state index is -3.70. The van der Waals surface area contributed by atoms with Crippen molar-refractivity contribution in [1.82, 2.24) is 14.9 Å². The molecule has 3 rings (SSSR count). The first kappa shape index (κ1) is 22.6. The van der Waals surface area contributed by atoms with Gasteiger partial charge in [-0.15, -0.1) is 0 Å². The Hall–Kier alpha value is -2.13. The maximum Gasteiger partial charge on any atom is 0.243 e. The molecule has 0 radical (unpaired) electrons. The van der Waals surface area contributed by atoms with Gasteiger partial charge >= 0.3 is 0 Å². The van der Waals surface area contributed by atoms with Crippen molar-refractivity contribution in [2.75, 3.05) is 20.2 Å². The molecule has 2 fully saturated rings. The number of benzene rings is 1. The predicted octanol–water partition coefficient (Wildman–Crippen LogP) is 1.66. The molecular weight excluding hydrogens is 406 g/mol. The van der Waals surface area contributed by atoms with E-state index in [1.807, 2.05) is 0 Å². The summed E-state index contributed by atoms with van der Waals surface area (Å²) < 4.78 is 32.4. The van der Waals surface area contributed by atoms with Crippen LogP contribution in [0.2, 0.25) is 0 Å². The number of carbonyl (C=O) groups is 2. The van der Waals surface area contributed by atoms with Crippen LogP contribution in [-0.2, 0) is 19.6 Å². The van der Waals surface area contributed by atoms with Gasteiger partial charge in [-0.25, -0.2) is 8.42 Å². The third-order valence-electron chi connectivity index (χ3n) is 5.91. The Morgan fingerprint density at radius 3 is 2.40 bits per heavy atom. The number of hydrogen-bond donors (Lipinski definition) is 2. The van der Waals surface area contributed by atoms with Crippen LogP contribution < -0.4 is 15.4 Å². The summed E-state index contributed by atoms with van der Waals surface area (Å²) in [5.74, 6) is -0.365. The predicted molar refractivity (Wildman–Crippen MR) is 112 cm³/mol. The molecule has 8 nitrogen and oxygen atoms in total. The Balaban J connectivity index is 1.58. The van der Waals surface area contributed by atoms with Gasteiger partial charge in [0.05, 0.1) is 17.9 Å². The maximum absolute atomic E-state index is 13.0. The molecule has 0 spiro atoms. The Kier molecular flexibility index (Phi) is 7.36. The van der Waals surface area contributed by atoms with E-state index in [1.54, 1.807) is 19.1 Å². The molecule has 1 saturated heterocycles. The van der Waals surface area contributed by atoms with E-state index < -0.39 is 22.0 Å². The van der Waals surface area contributed by atoms with Gasteiger partial charge in [-0.2, -0.15) is 4.31 Å². The highest BCUT2D eigenvalue weighted by atomic mass is 32.2. The molecule has 2 aliphatic rings. The van der Waals surface area contributed by atoms with Gasteiger partial charge in [0, 0.05) is 19.1 Å². The van der Waals surface area contributed by atoms with Gasteiger partial charge in [0.2, 0.25) is 21.8 Å². The second kappa shape index (κ2) is 9.78. The number of piperidine rings is 1. The standard InChI is InChI=1S/C21H31N3O5S/c1-15(20(25)23-17-7-3-4-8-17)22-21(26)16-6-5-13-24(14-16)30(27,28)19-11-9-18(29-2)10-12-19/h9-12,15-17H,3-8,13-14H2,1-2H3,(H,22,26)(H,23,25). The summed E-state index contributed by atoms with van der Waals surface area (Å²) in [7, 11) is -2.18. The van der Waals surface area contributed by atoms with Gasteiger partial charge in [-0.3, -0.25) is 9.59 Å². The zero-order chi connectivity index (χ0) is 21.7. The first-order valence-corrected chi connectivity index (χ1v) is 12.0. The van der Waals surface area contributed by atoms with E-state index >= 15 is 0 Å². The highest BCUT2D eigenvalue weighted by Gasteiger charge is 2.34. The lowest BCUT2D eigenvalue weighted by Crippen LogP contribution is -2.51. The molecule has 2 atom stereocenters. The van der Waals surface area contributed by atoms with Crippen molar-refractivity contribution in [3.05, 3.63) is 24.3 Å². The first-order valence-electron chi connectivity index (χ1n) is 10.6. The van der Waals surface area contributed by atoms with Gasteiger partial charge in [0.1, 0.15) is 11.8 Å². The van der Waals surface area contributed by atoms with Crippen LogP contribution in [0.15, 0.2) is 29.2 Å². The molecule has 1 heterocycles. The van der Waals surface area contributed by atoms with E-state index in [0.29, 0.717) is 25.1 Å². The van der Waals surface area contributed by atoms with Crippen molar-refractivity contribution < 1.29 is 22.7 Å². The van der Waals surface area contributed by atoms with Crippen LogP contribution in [0.4, 0.5) is 0 Å². The first-order chi connectivity index (χ1) is 14.3. The number of amides is 2. The zero-order valence-corrected chi connectivity index (χ0v) is 18.4. The number of hydrogen-bond acceptors (Lipinski definition) is 5. The van der Waals surface area contributed by atoms with E-state index in [-0.39, 0.29) is 29.3 Å². The van der Waals surface area contributed by atoms with E-state index in [9.17, 15) is 18.0 Å². The molecule has 0 bridgehead atoms. The van der Waals surface area contributed by atoms with E-state index in [1.165, 1.54) is 23.5 Å². The van der Waals surface area contributed by atoms with Gasteiger partial charge in [0.25, 0.3) is 0 Å². The molecule has 0 aromatic heterocycles. The monoisotopic (exact) mass is 437 g/mol. The number of rotatable bonds is 7. The quantitative estimate of drug-likeness (QED) is 0.675. The lowest BCUT2D eigenvalue weighted by Gasteiger charge is -2.31. The zero-order valence-electron chi connectivity index (χ0n) is 17.6. The van der Waals surface area contributed by atoms with Crippen LogP contribution in [-0.4, -0.2) is 56.8 Å². The summed E-state index contributed by atoms with van der Waals surface area (Å²) in [6.07, 6.45) is 5.38. The van der Waals surface area contributed by atoms with Crippen molar-refractivity contribution in [1.29, 1.82) is 0 Å². The van der Waals surface area contributed by atoms with Crippen molar-refractivity contribution >= 4 is 21.8 Å². The molecule has 1 aromatic carbocycles. The number of carbonyl (C=O) groups excluding carboxylic acids is 2. The Labute approximate surface area is 178 Å². The molecule has 1 saturated carbocycles. The van der Waals surface area contributed by atoms with Crippen LogP contribution in [0.5, 0.6) is 5.75 Å². The van der Waals surface area contributed by atoms with E-state index in [0.717, 1.165) is 25.7 Å². The lowest BCUT2D eigenvalue weighted by molar-refractivity contribution is -0.131. The van der Waals surface area contributed by atoms with Crippen LogP contribution in [0, 0.1) is 5.92 Å². The molecule has 166 valence electrons. The summed E-state index contributed by atoms with van der Waals surface area (Å²) in [6.45, 7) is 2.14. The van der Waals surface area contributed by atoms with Crippen LogP contribution in [0.25, 0.3) is 0 Å². The fraction of sp³-hybridized carbons (Fsp3) is 0.619. The van der Waals surface area contributed by atoms with Gasteiger partial charge < -0.3 is 15.4 Å². The highest BCUT2D eigenvalue weighted by Crippen LogP contribution is 2.25. The Bertz CT molecular complexity index is 850. The molecule has 1 aromatic rings. The second-order valence-electron chi connectivity index (χ2n) is 8.10. The molecule has 2 N–H and O–H groups in total. The highest BCUT2D eigenvalue weighted by molar-refractivity contribution is 7.89. The average Bonchev–Trinajstić information content (AvgIpc) is 3.26. The number of methoxy groups -OCH3 is 1. The molecule has 1 aliphatic heterocycles. The summed E-state index contributed by atoms with van der Waals surface area (Å²) in [4.78, 5) is 25.2. The molecule has 1 aliphatic carbocycles. The normalized spacial score (nSPS) is 21.7. The van der Waals surface area contributed by atoms with Crippen LogP contribution >= 0.6 is 0 Å². The fourth-order valence-electron chi connectivity index (χ4n) is 4.06. The molecule has 2 unspecified atom stereocenters. The topological polar surface area (TPSA) is 105 Å². The third kappa shape index (κ3) is 5.31.